The van der Waals surface area contributed by atoms with Crippen LogP contribution in [0.4, 0.5) is 5.69 Å². The third-order valence-electron chi connectivity index (χ3n) is 2.60. The second kappa shape index (κ2) is 9.44. The van der Waals surface area contributed by atoms with Crippen LogP contribution in [0.25, 0.3) is 0 Å². The zero-order valence-electron chi connectivity index (χ0n) is 12.3. The van der Waals surface area contributed by atoms with Crippen molar-refractivity contribution in [3.63, 3.8) is 0 Å². The van der Waals surface area contributed by atoms with Gasteiger partial charge in [-0.1, -0.05) is 0 Å². The number of hydrogen-bond donors (Lipinski definition) is 3. The van der Waals surface area contributed by atoms with Crippen molar-refractivity contribution in [2.75, 3.05) is 24.0 Å². The van der Waals surface area contributed by atoms with Gasteiger partial charge >= 0.3 is 0 Å². The molecule has 0 aromatic heterocycles. The standard InChI is InChI=1S/C14H18BrN3OS3/c1-20-8-12(21-2)13(5-6-14(17)18)22(19)9-3-4-11(16)10(15)7-9/h3-7H,8,16H2,1-2H3,(H3,17,18)/b6-5+,13-12+. The molecule has 1 unspecified atom stereocenters. The Kier molecular flexibility index (Phi) is 8.30. The average Bonchev–Trinajstić information content (AvgIpc) is 2.48. The second-order valence-corrected chi connectivity index (χ2v) is 8.24. The molecule has 0 amide bonds. The zero-order valence-corrected chi connectivity index (χ0v) is 16.3. The molecule has 0 heterocycles. The maximum absolute atomic E-state index is 12.9. The van der Waals surface area contributed by atoms with Crippen molar-refractivity contribution >= 4 is 61.8 Å². The lowest BCUT2D eigenvalue weighted by atomic mass is 10.3. The zero-order chi connectivity index (χ0) is 16.7. The monoisotopic (exact) mass is 419 g/mol. The van der Waals surface area contributed by atoms with Gasteiger partial charge in [0.15, 0.2) is 0 Å². The molecular formula is C14H18BrN3OS3. The highest BCUT2D eigenvalue weighted by molar-refractivity contribution is 9.10. The van der Waals surface area contributed by atoms with Gasteiger partial charge in [0, 0.05) is 25.7 Å². The molecular weight excluding hydrogens is 402 g/mol. The van der Waals surface area contributed by atoms with Gasteiger partial charge in [-0.25, -0.2) is 4.21 Å². The Hall–Kier alpha value is -0.700. The van der Waals surface area contributed by atoms with Crippen molar-refractivity contribution in [2.45, 2.75) is 4.90 Å². The van der Waals surface area contributed by atoms with Gasteiger partial charge in [0.05, 0.1) is 15.7 Å². The first-order valence-electron chi connectivity index (χ1n) is 6.15. The van der Waals surface area contributed by atoms with Gasteiger partial charge < -0.3 is 11.5 Å². The number of rotatable bonds is 7. The summed E-state index contributed by atoms with van der Waals surface area (Å²) in [4.78, 5) is 2.31. The van der Waals surface area contributed by atoms with Crippen LogP contribution in [-0.2, 0) is 10.8 Å². The van der Waals surface area contributed by atoms with Crippen LogP contribution in [0.1, 0.15) is 0 Å². The number of amidine groups is 1. The van der Waals surface area contributed by atoms with Crippen LogP contribution < -0.4 is 11.5 Å². The van der Waals surface area contributed by atoms with E-state index in [4.69, 9.17) is 16.9 Å². The Bertz CT molecular complexity index is 644. The summed E-state index contributed by atoms with van der Waals surface area (Å²) in [5, 5.41) is 7.33. The molecule has 8 heteroatoms. The van der Waals surface area contributed by atoms with Gasteiger partial charge in [0.1, 0.15) is 5.84 Å². The van der Waals surface area contributed by atoms with E-state index in [2.05, 4.69) is 15.9 Å². The minimum absolute atomic E-state index is 0.0717. The first-order valence-corrected chi connectivity index (χ1v) is 10.7. The molecule has 4 nitrogen and oxygen atoms in total. The van der Waals surface area contributed by atoms with E-state index in [0.29, 0.717) is 20.0 Å². The molecule has 1 atom stereocenters. The van der Waals surface area contributed by atoms with E-state index >= 15 is 0 Å². The van der Waals surface area contributed by atoms with Crippen molar-refractivity contribution < 1.29 is 4.21 Å². The number of nitrogens with two attached hydrogens (primary N) is 2. The molecule has 0 saturated heterocycles. The Balaban J connectivity index is 3.33. The number of benzene rings is 1. The van der Waals surface area contributed by atoms with Crippen LogP contribution >= 0.6 is 39.5 Å². The Morgan fingerprint density at radius 2 is 2.09 bits per heavy atom. The number of hydrogen-bond acceptors (Lipinski definition) is 5. The fraction of sp³-hybridized carbons (Fsp3) is 0.214. The van der Waals surface area contributed by atoms with Crippen LogP contribution in [0.2, 0.25) is 0 Å². The number of thioether (sulfide) groups is 2. The third kappa shape index (κ3) is 5.49. The van der Waals surface area contributed by atoms with Crippen molar-refractivity contribution in [2.24, 2.45) is 5.73 Å². The molecule has 0 bridgehead atoms. The first-order chi connectivity index (χ1) is 10.4. The second-order valence-electron chi connectivity index (χ2n) is 4.17. The van der Waals surface area contributed by atoms with Crippen LogP contribution in [0, 0.1) is 5.41 Å². The molecule has 0 aliphatic rings. The summed E-state index contributed by atoms with van der Waals surface area (Å²) in [6, 6.07) is 5.22. The Morgan fingerprint density at radius 1 is 1.41 bits per heavy atom. The predicted molar refractivity (Wildman–Crippen MR) is 105 cm³/mol. The number of nitrogens with one attached hydrogen (secondary N) is 1. The third-order valence-corrected chi connectivity index (χ3v) is 6.49. The summed E-state index contributed by atoms with van der Waals surface area (Å²) in [5.74, 6) is 0.679. The molecule has 0 radical (unpaired) electrons. The summed E-state index contributed by atoms with van der Waals surface area (Å²) in [6.45, 7) is 0. The van der Waals surface area contributed by atoms with Crippen LogP contribution in [0.3, 0.4) is 0 Å². The quantitative estimate of drug-likeness (QED) is 0.271. The highest BCUT2D eigenvalue weighted by atomic mass is 79.9. The molecule has 22 heavy (non-hydrogen) atoms. The van der Waals surface area contributed by atoms with E-state index in [-0.39, 0.29) is 5.84 Å². The lowest BCUT2D eigenvalue weighted by Gasteiger charge is -2.11. The normalized spacial score (nSPS) is 14.0. The van der Waals surface area contributed by atoms with E-state index in [1.807, 2.05) is 12.5 Å². The van der Waals surface area contributed by atoms with Gasteiger partial charge in [-0.05, 0) is 58.8 Å². The molecule has 0 fully saturated rings. The van der Waals surface area contributed by atoms with Crippen LogP contribution in [0.15, 0.2) is 49.5 Å². The largest absolute Gasteiger partial charge is 0.398 e. The maximum Gasteiger partial charge on any atom is 0.115 e. The van der Waals surface area contributed by atoms with Gasteiger partial charge in [0.25, 0.3) is 0 Å². The molecule has 1 aromatic rings. The van der Waals surface area contributed by atoms with Crippen LogP contribution in [0.5, 0.6) is 0 Å². The topological polar surface area (TPSA) is 93.0 Å². The SMILES string of the molecule is CSC/C(SC)=C(/C=C/C(=N)N)S(=O)c1ccc(N)c(Br)c1. The molecule has 1 aromatic carbocycles. The fourth-order valence-electron chi connectivity index (χ4n) is 1.54. The van der Waals surface area contributed by atoms with E-state index in [1.165, 1.54) is 6.08 Å². The minimum Gasteiger partial charge on any atom is -0.398 e. The molecule has 5 N–H and O–H groups in total. The molecule has 0 aliphatic carbocycles. The molecule has 0 aliphatic heterocycles. The van der Waals surface area contributed by atoms with Crippen molar-refractivity contribution in [1.29, 1.82) is 5.41 Å². The predicted octanol–water partition coefficient (Wildman–Crippen LogP) is 3.57. The van der Waals surface area contributed by atoms with E-state index in [1.54, 1.807) is 47.8 Å². The van der Waals surface area contributed by atoms with Gasteiger partial charge in [-0.15, -0.1) is 11.8 Å². The summed E-state index contributed by atoms with van der Waals surface area (Å²) in [6.07, 6.45) is 7.05. The Labute approximate surface area is 150 Å². The van der Waals surface area contributed by atoms with Gasteiger partial charge in [-0.2, -0.15) is 11.8 Å². The summed E-state index contributed by atoms with van der Waals surface area (Å²) < 4.78 is 13.6. The van der Waals surface area contributed by atoms with Crippen molar-refractivity contribution in [3.8, 4) is 0 Å². The molecule has 0 spiro atoms. The van der Waals surface area contributed by atoms with E-state index < -0.39 is 10.8 Å². The number of anilines is 1. The number of allylic oxidation sites excluding steroid dienone is 1. The molecule has 120 valence electrons. The molecule has 0 saturated carbocycles. The molecule has 1 rings (SSSR count). The Morgan fingerprint density at radius 3 is 2.59 bits per heavy atom. The fourth-order valence-corrected chi connectivity index (χ4v) is 5.29. The maximum atomic E-state index is 12.9. The number of halogens is 1. The van der Waals surface area contributed by atoms with Crippen molar-refractivity contribution in [1.82, 2.24) is 0 Å². The lowest BCUT2D eigenvalue weighted by Crippen LogP contribution is -2.06. The lowest BCUT2D eigenvalue weighted by molar-refractivity contribution is 0.687. The van der Waals surface area contributed by atoms with Gasteiger partial charge in [-0.3, -0.25) is 5.41 Å². The van der Waals surface area contributed by atoms with E-state index in [0.717, 1.165) is 10.7 Å². The summed E-state index contributed by atoms with van der Waals surface area (Å²) in [7, 11) is -1.37. The summed E-state index contributed by atoms with van der Waals surface area (Å²) >= 11 is 6.56. The van der Waals surface area contributed by atoms with Crippen molar-refractivity contribution in [3.05, 3.63) is 44.6 Å². The smallest absolute Gasteiger partial charge is 0.115 e. The first kappa shape index (κ1) is 19.3. The highest BCUT2D eigenvalue weighted by Crippen LogP contribution is 2.29. The number of nitrogen functional groups attached to an aromatic ring is 1. The minimum atomic E-state index is -1.37. The summed E-state index contributed by atoms with van der Waals surface area (Å²) in [5.41, 5.74) is 11.7. The van der Waals surface area contributed by atoms with E-state index in [9.17, 15) is 4.21 Å². The van der Waals surface area contributed by atoms with Crippen LogP contribution in [-0.4, -0.2) is 28.3 Å². The highest BCUT2D eigenvalue weighted by Gasteiger charge is 2.14. The van der Waals surface area contributed by atoms with Gasteiger partial charge in [0.2, 0.25) is 0 Å². The average molecular weight is 420 g/mol.